The number of ether oxygens (including phenoxy) is 3. The van der Waals surface area contributed by atoms with Crippen LogP contribution in [0.1, 0.15) is 4.88 Å². The molecule has 8 heteroatoms. The number of fused-ring (bicyclic) bond motifs is 1. The average molecular weight is 420 g/mol. The van der Waals surface area contributed by atoms with Gasteiger partial charge in [0.25, 0.3) is 11.8 Å². The Morgan fingerprint density at radius 1 is 1.00 bits per heavy atom. The number of hydrogen-bond donors (Lipinski definition) is 1. The topological polar surface area (TPSA) is 77.1 Å². The lowest BCUT2D eigenvalue weighted by Crippen LogP contribution is -2.32. The summed E-state index contributed by atoms with van der Waals surface area (Å²) in [5.41, 5.74) is 1.53. The first-order valence-electron chi connectivity index (χ1n) is 9.14. The number of carbonyl (C=O) groups excluding carboxylic acids is 2. The van der Waals surface area contributed by atoms with Crippen LogP contribution >= 0.6 is 11.3 Å². The lowest BCUT2D eigenvalue weighted by Gasteiger charge is -2.18. The number of benzene rings is 2. The van der Waals surface area contributed by atoms with Crippen LogP contribution in [-0.2, 0) is 9.59 Å². The van der Waals surface area contributed by atoms with Crippen LogP contribution in [0.3, 0.4) is 0 Å². The molecule has 0 unspecified atom stereocenters. The van der Waals surface area contributed by atoms with E-state index in [0.717, 1.165) is 4.90 Å². The predicted molar refractivity (Wildman–Crippen MR) is 113 cm³/mol. The SMILES string of the molecule is COc1ccccc1N1C(=O)C(Nc2ccc3c(c2)OCO3)=C(c2cccs2)C1=O. The van der Waals surface area contributed by atoms with Crippen molar-refractivity contribution in [1.29, 1.82) is 0 Å². The van der Waals surface area contributed by atoms with Crippen LogP contribution in [0.2, 0.25) is 0 Å². The second-order valence-electron chi connectivity index (χ2n) is 6.54. The number of anilines is 2. The Bertz CT molecular complexity index is 1190. The van der Waals surface area contributed by atoms with E-state index in [4.69, 9.17) is 14.2 Å². The summed E-state index contributed by atoms with van der Waals surface area (Å²) < 4.78 is 16.1. The van der Waals surface area contributed by atoms with Crippen molar-refractivity contribution in [1.82, 2.24) is 0 Å². The third kappa shape index (κ3) is 2.89. The highest BCUT2D eigenvalue weighted by Crippen LogP contribution is 2.40. The van der Waals surface area contributed by atoms with Gasteiger partial charge in [0.15, 0.2) is 11.5 Å². The van der Waals surface area contributed by atoms with Crippen molar-refractivity contribution in [2.24, 2.45) is 0 Å². The first-order valence-corrected chi connectivity index (χ1v) is 10.0. The van der Waals surface area contributed by atoms with Crippen molar-refractivity contribution >= 4 is 40.1 Å². The number of carbonyl (C=O) groups is 2. The molecule has 0 radical (unpaired) electrons. The fourth-order valence-electron chi connectivity index (χ4n) is 3.45. The third-order valence-corrected chi connectivity index (χ3v) is 5.71. The Labute approximate surface area is 176 Å². The minimum Gasteiger partial charge on any atom is -0.495 e. The molecule has 1 aromatic heterocycles. The minimum atomic E-state index is -0.453. The number of amides is 2. The number of imide groups is 1. The van der Waals surface area contributed by atoms with Gasteiger partial charge in [-0.2, -0.15) is 0 Å². The van der Waals surface area contributed by atoms with Gasteiger partial charge in [-0.15, -0.1) is 11.3 Å². The van der Waals surface area contributed by atoms with Crippen molar-refractivity contribution in [3.8, 4) is 17.2 Å². The highest BCUT2D eigenvalue weighted by Gasteiger charge is 2.41. The van der Waals surface area contributed by atoms with Gasteiger partial charge >= 0.3 is 0 Å². The third-order valence-electron chi connectivity index (χ3n) is 4.82. The fourth-order valence-corrected chi connectivity index (χ4v) is 4.22. The molecule has 2 amide bonds. The van der Waals surface area contributed by atoms with Crippen LogP contribution in [0.25, 0.3) is 5.57 Å². The number of methoxy groups -OCH3 is 1. The molecule has 0 atom stereocenters. The summed E-state index contributed by atoms with van der Waals surface area (Å²) >= 11 is 1.39. The van der Waals surface area contributed by atoms with Crippen LogP contribution < -0.4 is 24.4 Å². The second kappa shape index (κ2) is 7.23. The molecule has 1 N–H and O–H groups in total. The molecule has 0 fully saturated rings. The van der Waals surface area contributed by atoms with Gasteiger partial charge in [-0.05, 0) is 35.7 Å². The van der Waals surface area contributed by atoms with E-state index < -0.39 is 11.8 Å². The van der Waals surface area contributed by atoms with Crippen molar-refractivity contribution in [2.75, 3.05) is 24.1 Å². The highest BCUT2D eigenvalue weighted by atomic mass is 32.1. The maximum absolute atomic E-state index is 13.4. The number of rotatable bonds is 5. The summed E-state index contributed by atoms with van der Waals surface area (Å²) in [7, 11) is 1.50. The minimum absolute atomic E-state index is 0.154. The maximum Gasteiger partial charge on any atom is 0.282 e. The number of thiophene rings is 1. The molecule has 150 valence electrons. The summed E-state index contributed by atoms with van der Waals surface area (Å²) in [6, 6.07) is 15.9. The molecule has 3 heterocycles. The van der Waals surface area contributed by atoms with Crippen LogP contribution in [-0.4, -0.2) is 25.7 Å². The van der Waals surface area contributed by atoms with Crippen molar-refractivity contribution in [3.05, 3.63) is 70.6 Å². The van der Waals surface area contributed by atoms with E-state index in [2.05, 4.69) is 5.32 Å². The van der Waals surface area contributed by atoms with E-state index in [1.54, 1.807) is 42.5 Å². The van der Waals surface area contributed by atoms with Gasteiger partial charge in [0.05, 0.1) is 18.4 Å². The van der Waals surface area contributed by atoms with Gasteiger partial charge in [0, 0.05) is 16.6 Å². The Balaban J connectivity index is 1.59. The van der Waals surface area contributed by atoms with E-state index in [0.29, 0.717) is 39.1 Å². The lowest BCUT2D eigenvalue weighted by molar-refractivity contribution is -0.120. The molecule has 2 aromatic carbocycles. The lowest BCUT2D eigenvalue weighted by atomic mass is 10.1. The number of hydrogen-bond acceptors (Lipinski definition) is 7. The first-order chi connectivity index (χ1) is 14.7. The Kier molecular flexibility index (Phi) is 4.40. The van der Waals surface area contributed by atoms with E-state index in [9.17, 15) is 9.59 Å². The number of para-hydroxylation sites is 2. The molecular formula is C22H16N2O5S. The van der Waals surface area contributed by atoms with Crippen molar-refractivity contribution in [2.45, 2.75) is 0 Å². The molecule has 2 aliphatic rings. The van der Waals surface area contributed by atoms with Crippen LogP contribution in [0.15, 0.2) is 65.7 Å². The summed E-state index contributed by atoms with van der Waals surface area (Å²) in [6.07, 6.45) is 0. The molecule has 3 aromatic rings. The fraction of sp³-hybridized carbons (Fsp3) is 0.0909. The number of nitrogens with zero attached hydrogens (tertiary/aromatic N) is 1. The van der Waals surface area contributed by atoms with Crippen LogP contribution in [0.4, 0.5) is 11.4 Å². The molecule has 0 saturated heterocycles. The number of nitrogens with one attached hydrogen (secondary N) is 1. The van der Waals surface area contributed by atoms with Crippen LogP contribution in [0.5, 0.6) is 17.2 Å². The predicted octanol–water partition coefficient (Wildman–Crippen LogP) is 3.88. The zero-order valence-corrected chi connectivity index (χ0v) is 16.7. The molecule has 0 spiro atoms. The summed E-state index contributed by atoms with van der Waals surface area (Å²) in [5.74, 6) is 0.795. The zero-order chi connectivity index (χ0) is 20.7. The molecule has 7 nitrogen and oxygen atoms in total. The maximum atomic E-state index is 13.4. The normalized spacial score (nSPS) is 15.2. The highest BCUT2D eigenvalue weighted by molar-refractivity contribution is 7.11. The first kappa shape index (κ1) is 18.3. The molecule has 30 heavy (non-hydrogen) atoms. The molecule has 0 bridgehead atoms. The van der Waals surface area contributed by atoms with Gasteiger partial charge in [-0.3, -0.25) is 9.59 Å². The van der Waals surface area contributed by atoms with Crippen molar-refractivity contribution in [3.63, 3.8) is 0 Å². The van der Waals surface area contributed by atoms with Crippen LogP contribution in [0, 0.1) is 0 Å². The molecule has 5 rings (SSSR count). The monoisotopic (exact) mass is 420 g/mol. The summed E-state index contributed by atoms with van der Waals surface area (Å²) in [4.78, 5) is 28.6. The summed E-state index contributed by atoms with van der Waals surface area (Å²) in [5, 5.41) is 4.99. The largest absolute Gasteiger partial charge is 0.495 e. The molecular weight excluding hydrogens is 404 g/mol. The second-order valence-corrected chi connectivity index (χ2v) is 7.49. The Morgan fingerprint density at radius 2 is 1.83 bits per heavy atom. The molecule has 0 saturated carbocycles. The molecule has 2 aliphatic heterocycles. The van der Waals surface area contributed by atoms with E-state index in [1.807, 2.05) is 17.5 Å². The Morgan fingerprint density at radius 3 is 2.63 bits per heavy atom. The standard InChI is InChI=1S/C22H16N2O5S/c1-27-15-6-3-2-5-14(15)24-21(25)19(18-7-4-10-30-18)20(22(24)26)23-13-8-9-16-17(11-13)29-12-28-16/h2-11,23H,12H2,1H3. The summed E-state index contributed by atoms with van der Waals surface area (Å²) in [6.45, 7) is 0.154. The average Bonchev–Trinajstić information content (AvgIpc) is 3.49. The zero-order valence-electron chi connectivity index (χ0n) is 15.9. The van der Waals surface area contributed by atoms with Gasteiger partial charge in [0.2, 0.25) is 6.79 Å². The van der Waals surface area contributed by atoms with E-state index in [1.165, 1.54) is 18.4 Å². The van der Waals surface area contributed by atoms with Gasteiger partial charge < -0.3 is 19.5 Å². The van der Waals surface area contributed by atoms with Gasteiger partial charge in [-0.1, -0.05) is 18.2 Å². The van der Waals surface area contributed by atoms with Crippen molar-refractivity contribution < 1.29 is 23.8 Å². The Hall–Kier alpha value is -3.78. The van der Waals surface area contributed by atoms with Gasteiger partial charge in [-0.25, -0.2) is 4.90 Å². The van der Waals surface area contributed by atoms with E-state index in [-0.39, 0.29) is 12.5 Å². The smallest absolute Gasteiger partial charge is 0.282 e. The van der Waals surface area contributed by atoms with Gasteiger partial charge in [0.1, 0.15) is 11.4 Å². The quantitative estimate of drug-likeness (QED) is 0.632. The van der Waals surface area contributed by atoms with E-state index >= 15 is 0 Å². The molecule has 0 aliphatic carbocycles.